The fraction of sp³-hybridized carbons (Fsp3) is 0.636. The number of halogens is 1. The highest BCUT2D eigenvalue weighted by molar-refractivity contribution is 9.10. The molecule has 1 aliphatic rings. The minimum Gasteiger partial charge on any atom is -0.457 e. The Labute approximate surface area is 99.0 Å². The zero-order valence-electron chi connectivity index (χ0n) is 9.00. The molecule has 1 saturated carbocycles. The van der Waals surface area contributed by atoms with Gasteiger partial charge >= 0.3 is 0 Å². The van der Waals surface area contributed by atoms with Crippen molar-refractivity contribution in [3.05, 3.63) is 22.6 Å². The maximum absolute atomic E-state index is 5.19. The SMILES string of the molecule is CN(CCNC1CC1)Cc1ccoc1Br. The molecule has 1 aliphatic carbocycles. The quantitative estimate of drug-likeness (QED) is 0.861. The lowest BCUT2D eigenvalue weighted by Gasteiger charge is -2.15. The maximum Gasteiger partial charge on any atom is 0.173 e. The van der Waals surface area contributed by atoms with E-state index in [1.807, 2.05) is 6.07 Å². The number of nitrogens with zero attached hydrogens (tertiary/aromatic N) is 1. The molecule has 0 saturated heterocycles. The van der Waals surface area contributed by atoms with E-state index in [9.17, 15) is 0 Å². The van der Waals surface area contributed by atoms with Crippen LogP contribution in [0.5, 0.6) is 0 Å². The molecule has 3 nitrogen and oxygen atoms in total. The van der Waals surface area contributed by atoms with Crippen LogP contribution in [0.1, 0.15) is 18.4 Å². The summed E-state index contributed by atoms with van der Waals surface area (Å²) >= 11 is 3.39. The molecule has 0 amide bonds. The van der Waals surface area contributed by atoms with Crippen molar-refractivity contribution < 1.29 is 4.42 Å². The molecule has 2 rings (SSSR count). The van der Waals surface area contributed by atoms with E-state index < -0.39 is 0 Å². The summed E-state index contributed by atoms with van der Waals surface area (Å²) in [6, 6.07) is 2.81. The van der Waals surface area contributed by atoms with E-state index in [4.69, 9.17) is 4.42 Å². The van der Waals surface area contributed by atoms with E-state index in [0.717, 1.165) is 30.3 Å². The third-order valence-corrected chi connectivity index (χ3v) is 3.33. The van der Waals surface area contributed by atoms with Crippen LogP contribution in [0.3, 0.4) is 0 Å². The molecule has 84 valence electrons. The van der Waals surface area contributed by atoms with E-state index in [1.54, 1.807) is 6.26 Å². The van der Waals surface area contributed by atoms with E-state index >= 15 is 0 Å². The summed E-state index contributed by atoms with van der Waals surface area (Å²) in [6.07, 6.45) is 4.43. The summed E-state index contributed by atoms with van der Waals surface area (Å²) in [5.41, 5.74) is 1.21. The van der Waals surface area contributed by atoms with Crippen LogP contribution in [0.25, 0.3) is 0 Å². The number of rotatable bonds is 6. The van der Waals surface area contributed by atoms with Gasteiger partial charge in [-0.25, -0.2) is 0 Å². The molecule has 0 bridgehead atoms. The molecular weight excluding hydrogens is 256 g/mol. The van der Waals surface area contributed by atoms with Gasteiger partial charge in [0.2, 0.25) is 0 Å². The predicted octanol–water partition coefficient (Wildman–Crippen LogP) is 2.23. The van der Waals surface area contributed by atoms with Crippen molar-refractivity contribution in [2.75, 3.05) is 20.1 Å². The van der Waals surface area contributed by atoms with Gasteiger partial charge in [0.25, 0.3) is 0 Å². The smallest absolute Gasteiger partial charge is 0.173 e. The fourth-order valence-corrected chi connectivity index (χ4v) is 1.91. The van der Waals surface area contributed by atoms with Gasteiger partial charge in [0.15, 0.2) is 4.67 Å². The average Bonchev–Trinajstić information content (AvgIpc) is 2.93. The lowest BCUT2D eigenvalue weighted by atomic mass is 10.3. The molecule has 0 aliphatic heterocycles. The molecule has 0 aromatic carbocycles. The van der Waals surface area contributed by atoms with Crippen molar-refractivity contribution in [3.63, 3.8) is 0 Å². The number of likely N-dealkylation sites (N-methyl/N-ethyl adjacent to an activating group) is 1. The van der Waals surface area contributed by atoms with Gasteiger partial charge < -0.3 is 14.6 Å². The Balaban J connectivity index is 1.67. The van der Waals surface area contributed by atoms with Crippen molar-refractivity contribution in [2.45, 2.75) is 25.4 Å². The van der Waals surface area contributed by atoms with Crippen LogP contribution in [-0.4, -0.2) is 31.1 Å². The van der Waals surface area contributed by atoms with Gasteiger partial charge in [-0.1, -0.05) is 0 Å². The molecule has 4 heteroatoms. The van der Waals surface area contributed by atoms with Crippen LogP contribution >= 0.6 is 15.9 Å². The molecule has 1 N–H and O–H groups in total. The third kappa shape index (κ3) is 3.63. The summed E-state index contributed by atoms with van der Waals surface area (Å²) < 4.78 is 6.04. The van der Waals surface area contributed by atoms with Crippen LogP contribution < -0.4 is 5.32 Å². The molecule has 1 heterocycles. The third-order valence-electron chi connectivity index (χ3n) is 2.64. The van der Waals surface area contributed by atoms with E-state index in [0.29, 0.717) is 0 Å². The molecule has 0 spiro atoms. The lowest BCUT2D eigenvalue weighted by Crippen LogP contribution is -2.29. The Hall–Kier alpha value is -0.320. The van der Waals surface area contributed by atoms with Crippen molar-refractivity contribution in [1.29, 1.82) is 0 Å². The minimum absolute atomic E-state index is 0.805. The monoisotopic (exact) mass is 272 g/mol. The van der Waals surface area contributed by atoms with Crippen molar-refractivity contribution in [3.8, 4) is 0 Å². The predicted molar refractivity (Wildman–Crippen MR) is 63.8 cm³/mol. The van der Waals surface area contributed by atoms with Gasteiger partial charge in [-0.3, -0.25) is 0 Å². The molecule has 15 heavy (non-hydrogen) atoms. The maximum atomic E-state index is 5.19. The molecule has 0 radical (unpaired) electrons. The first-order valence-electron chi connectivity index (χ1n) is 5.39. The van der Waals surface area contributed by atoms with Crippen LogP contribution in [0, 0.1) is 0 Å². The van der Waals surface area contributed by atoms with Crippen LogP contribution in [-0.2, 0) is 6.54 Å². The molecular formula is C11H17BrN2O. The van der Waals surface area contributed by atoms with E-state index in [2.05, 4.69) is 33.2 Å². The summed E-state index contributed by atoms with van der Waals surface area (Å²) in [4.78, 5) is 2.30. The van der Waals surface area contributed by atoms with E-state index in [1.165, 1.54) is 18.4 Å². The Morgan fingerprint density at radius 1 is 1.60 bits per heavy atom. The standard InChI is InChI=1S/C11H17BrN2O/c1-14(6-5-13-10-2-3-10)8-9-4-7-15-11(9)12/h4,7,10,13H,2-3,5-6,8H2,1H3. The van der Waals surface area contributed by atoms with Gasteiger partial charge in [-0.15, -0.1) is 0 Å². The minimum atomic E-state index is 0.805. The first kappa shape index (κ1) is 11.2. The Morgan fingerprint density at radius 3 is 3.00 bits per heavy atom. The number of hydrogen-bond donors (Lipinski definition) is 1. The van der Waals surface area contributed by atoms with Crippen molar-refractivity contribution in [1.82, 2.24) is 10.2 Å². The Bertz CT molecular complexity index is 309. The van der Waals surface area contributed by atoms with Gasteiger partial charge in [-0.2, -0.15) is 0 Å². The van der Waals surface area contributed by atoms with Gasteiger partial charge in [0.1, 0.15) is 0 Å². The molecule has 1 aromatic rings. The first-order chi connectivity index (χ1) is 7.25. The highest BCUT2D eigenvalue weighted by Gasteiger charge is 2.19. The Morgan fingerprint density at radius 2 is 2.40 bits per heavy atom. The fourth-order valence-electron chi connectivity index (χ4n) is 1.55. The molecule has 0 atom stereocenters. The van der Waals surface area contributed by atoms with E-state index in [-0.39, 0.29) is 0 Å². The second-order valence-electron chi connectivity index (χ2n) is 4.19. The van der Waals surface area contributed by atoms with Crippen LogP contribution in [0.15, 0.2) is 21.4 Å². The van der Waals surface area contributed by atoms with Crippen LogP contribution in [0.2, 0.25) is 0 Å². The lowest BCUT2D eigenvalue weighted by molar-refractivity contribution is 0.321. The normalized spacial score (nSPS) is 16.2. The van der Waals surface area contributed by atoms with Crippen molar-refractivity contribution >= 4 is 15.9 Å². The second kappa shape index (κ2) is 5.14. The number of furan rings is 1. The zero-order valence-corrected chi connectivity index (χ0v) is 10.6. The molecule has 0 unspecified atom stereocenters. The largest absolute Gasteiger partial charge is 0.457 e. The molecule has 1 aromatic heterocycles. The first-order valence-corrected chi connectivity index (χ1v) is 6.19. The van der Waals surface area contributed by atoms with Crippen molar-refractivity contribution in [2.24, 2.45) is 0 Å². The topological polar surface area (TPSA) is 28.4 Å². The van der Waals surface area contributed by atoms with Gasteiger partial charge in [0.05, 0.1) is 6.26 Å². The highest BCUT2D eigenvalue weighted by Crippen LogP contribution is 2.19. The van der Waals surface area contributed by atoms with Crippen LogP contribution in [0.4, 0.5) is 0 Å². The summed E-state index contributed by atoms with van der Waals surface area (Å²) in [5.74, 6) is 0. The van der Waals surface area contributed by atoms with Gasteiger partial charge in [-0.05, 0) is 41.9 Å². The summed E-state index contributed by atoms with van der Waals surface area (Å²) in [6.45, 7) is 3.09. The zero-order chi connectivity index (χ0) is 10.7. The summed E-state index contributed by atoms with van der Waals surface area (Å²) in [7, 11) is 2.13. The molecule has 1 fully saturated rings. The average molecular weight is 273 g/mol. The number of hydrogen-bond acceptors (Lipinski definition) is 3. The second-order valence-corrected chi connectivity index (χ2v) is 4.91. The summed E-state index contributed by atoms with van der Waals surface area (Å²) in [5, 5.41) is 3.50. The van der Waals surface area contributed by atoms with Gasteiger partial charge in [0, 0.05) is 31.2 Å². The highest BCUT2D eigenvalue weighted by atomic mass is 79.9. The Kier molecular flexibility index (Phi) is 3.83. The number of nitrogens with one attached hydrogen (secondary N) is 1.